The predicted molar refractivity (Wildman–Crippen MR) is 89.2 cm³/mol. The molecule has 4 heteroatoms. The molecule has 22 heavy (non-hydrogen) atoms. The molecule has 0 heterocycles. The number of ether oxygens (including phenoxy) is 1. The van der Waals surface area contributed by atoms with Crippen LogP contribution in [-0.4, -0.2) is 32.1 Å². The minimum Gasteiger partial charge on any atom is -0.492 e. The lowest BCUT2D eigenvalue weighted by molar-refractivity contribution is -0.120. The first-order valence-electron chi connectivity index (χ1n) is 8.16. The maximum Gasteiger partial charge on any atom is 0.234 e. The van der Waals surface area contributed by atoms with Crippen molar-refractivity contribution in [2.24, 2.45) is 5.92 Å². The van der Waals surface area contributed by atoms with Gasteiger partial charge in [-0.1, -0.05) is 32.9 Å². The maximum atomic E-state index is 11.6. The van der Waals surface area contributed by atoms with Gasteiger partial charge in [0.15, 0.2) is 0 Å². The van der Waals surface area contributed by atoms with Gasteiger partial charge in [-0.15, -0.1) is 0 Å². The van der Waals surface area contributed by atoms with Crippen molar-refractivity contribution in [1.29, 1.82) is 0 Å². The molecule has 122 valence electrons. The minimum atomic E-state index is 0.0349. The number of carbonyl (C=O) groups is 1. The van der Waals surface area contributed by atoms with Gasteiger partial charge in [-0.25, -0.2) is 0 Å². The molecule has 2 N–H and O–H groups in total. The first-order chi connectivity index (χ1) is 10.4. The summed E-state index contributed by atoms with van der Waals surface area (Å²) in [5.74, 6) is 1.69. The van der Waals surface area contributed by atoms with Crippen molar-refractivity contribution in [3.05, 3.63) is 29.8 Å². The van der Waals surface area contributed by atoms with Gasteiger partial charge >= 0.3 is 0 Å². The summed E-state index contributed by atoms with van der Waals surface area (Å²) in [7, 11) is 0. The lowest BCUT2D eigenvalue weighted by Crippen LogP contribution is -2.36. The second kappa shape index (κ2) is 7.63. The lowest BCUT2D eigenvalue weighted by atomic mass is 9.87. The summed E-state index contributed by atoms with van der Waals surface area (Å²) in [4.78, 5) is 11.6. The Morgan fingerprint density at radius 2 is 2.09 bits per heavy atom. The Balaban J connectivity index is 1.62. The summed E-state index contributed by atoms with van der Waals surface area (Å²) < 4.78 is 5.71. The van der Waals surface area contributed by atoms with E-state index in [4.69, 9.17) is 4.74 Å². The van der Waals surface area contributed by atoms with Crippen molar-refractivity contribution in [1.82, 2.24) is 10.6 Å². The summed E-state index contributed by atoms with van der Waals surface area (Å²) >= 11 is 0. The number of benzene rings is 1. The van der Waals surface area contributed by atoms with Gasteiger partial charge in [-0.2, -0.15) is 0 Å². The molecule has 1 amide bonds. The quantitative estimate of drug-likeness (QED) is 0.726. The lowest BCUT2D eigenvalue weighted by Gasteiger charge is -2.19. The van der Waals surface area contributed by atoms with Crippen LogP contribution in [-0.2, 0) is 10.2 Å². The van der Waals surface area contributed by atoms with E-state index in [0.717, 1.165) is 18.2 Å². The Labute approximate surface area is 133 Å². The van der Waals surface area contributed by atoms with E-state index in [-0.39, 0.29) is 11.3 Å². The van der Waals surface area contributed by atoms with Gasteiger partial charge in [0.1, 0.15) is 12.4 Å². The van der Waals surface area contributed by atoms with E-state index in [1.807, 2.05) is 12.1 Å². The van der Waals surface area contributed by atoms with E-state index < -0.39 is 0 Å². The molecule has 2 rings (SSSR count). The van der Waals surface area contributed by atoms with Crippen LogP contribution in [0.15, 0.2) is 24.3 Å². The van der Waals surface area contributed by atoms with Gasteiger partial charge in [-0.3, -0.25) is 4.79 Å². The summed E-state index contributed by atoms with van der Waals surface area (Å²) in [5, 5.41) is 6.04. The zero-order chi connectivity index (χ0) is 16.0. The molecular formula is C18H28N2O2. The van der Waals surface area contributed by atoms with Crippen LogP contribution >= 0.6 is 0 Å². The largest absolute Gasteiger partial charge is 0.492 e. The van der Waals surface area contributed by atoms with E-state index >= 15 is 0 Å². The molecule has 4 nitrogen and oxygen atoms in total. The highest BCUT2D eigenvalue weighted by molar-refractivity contribution is 5.77. The van der Waals surface area contributed by atoms with E-state index in [2.05, 4.69) is 43.5 Å². The number of hydrogen-bond acceptors (Lipinski definition) is 3. The Kier molecular flexibility index (Phi) is 5.83. The highest BCUT2D eigenvalue weighted by atomic mass is 16.5. The van der Waals surface area contributed by atoms with Crippen LogP contribution in [0.2, 0.25) is 0 Å². The Hall–Kier alpha value is -1.55. The fourth-order valence-corrected chi connectivity index (χ4v) is 2.19. The zero-order valence-corrected chi connectivity index (χ0v) is 13.9. The monoisotopic (exact) mass is 304 g/mol. The van der Waals surface area contributed by atoms with E-state index in [0.29, 0.717) is 19.7 Å². The first kappa shape index (κ1) is 16.8. The topological polar surface area (TPSA) is 50.4 Å². The molecule has 1 aliphatic carbocycles. The molecule has 1 fully saturated rings. The van der Waals surface area contributed by atoms with Crippen LogP contribution < -0.4 is 15.4 Å². The number of carbonyl (C=O) groups excluding carboxylic acids is 1. The molecule has 0 unspecified atom stereocenters. The molecule has 0 saturated heterocycles. The third-order valence-corrected chi connectivity index (χ3v) is 3.81. The number of rotatable bonds is 8. The maximum absolute atomic E-state index is 11.6. The molecule has 1 saturated carbocycles. The van der Waals surface area contributed by atoms with Gasteiger partial charge in [0.05, 0.1) is 13.1 Å². The summed E-state index contributed by atoms with van der Waals surface area (Å²) in [6, 6.07) is 8.14. The second-order valence-electron chi connectivity index (χ2n) is 7.05. The molecule has 1 aliphatic rings. The molecule has 0 atom stereocenters. The van der Waals surface area contributed by atoms with Crippen molar-refractivity contribution in [2.75, 3.05) is 26.2 Å². The normalized spacial score (nSPS) is 14.7. The highest BCUT2D eigenvalue weighted by Crippen LogP contribution is 2.27. The van der Waals surface area contributed by atoms with Crippen molar-refractivity contribution in [3.63, 3.8) is 0 Å². The van der Waals surface area contributed by atoms with Crippen LogP contribution in [0.1, 0.15) is 39.2 Å². The van der Waals surface area contributed by atoms with Crippen molar-refractivity contribution in [2.45, 2.75) is 39.0 Å². The molecular weight excluding hydrogens is 276 g/mol. The van der Waals surface area contributed by atoms with Gasteiger partial charge in [-0.05, 0) is 48.4 Å². The molecule has 1 aromatic rings. The van der Waals surface area contributed by atoms with Gasteiger partial charge in [0.2, 0.25) is 5.91 Å². The molecule has 0 spiro atoms. The summed E-state index contributed by atoms with van der Waals surface area (Å²) in [6.07, 6.45) is 2.60. The van der Waals surface area contributed by atoms with Crippen LogP contribution in [0.25, 0.3) is 0 Å². The van der Waals surface area contributed by atoms with E-state index in [1.165, 1.54) is 18.4 Å². The van der Waals surface area contributed by atoms with E-state index in [1.54, 1.807) is 0 Å². The van der Waals surface area contributed by atoms with Crippen LogP contribution in [0, 0.1) is 5.92 Å². The second-order valence-corrected chi connectivity index (χ2v) is 7.05. The molecule has 0 radical (unpaired) electrons. The van der Waals surface area contributed by atoms with Crippen molar-refractivity contribution >= 4 is 5.91 Å². The van der Waals surface area contributed by atoms with Crippen LogP contribution in [0.3, 0.4) is 0 Å². The van der Waals surface area contributed by atoms with Gasteiger partial charge in [0.25, 0.3) is 0 Å². The van der Waals surface area contributed by atoms with Crippen LogP contribution in [0.4, 0.5) is 0 Å². The SMILES string of the molecule is CC(C)(C)c1cccc(OCCNC(=O)CNCC2CC2)c1. The van der Waals surface area contributed by atoms with Crippen molar-refractivity contribution in [3.8, 4) is 5.75 Å². The average Bonchev–Trinajstić information content (AvgIpc) is 3.27. The average molecular weight is 304 g/mol. The summed E-state index contributed by atoms with van der Waals surface area (Å²) in [6.45, 7) is 8.92. The fourth-order valence-electron chi connectivity index (χ4n) is 2.19. The van der Waals surface area contributed by atoms with Crippen molar-refractivity contribution < 1.29 is 9.53 Å². The zero-order valence-electron chi connectivity index (χ0n) is 13.9. The third kappa shape index (κ3) is 6.06. The summed E-state index contributed by atoms with van der Waals surface area (Å²) in [5.41, 5.74) is 1.36. The number of amides is 1. The Bertz CT molecular complexity index is 490. The predicted octanol–water partition coefficient (Wildman–Crippen LogP) is 2.48. The number of hydrogen-bond donors (Lipinski definition) is 2. The Morgan fingerprint density at radius 3 is 2.77 bits per heavy atom. The fraction of sp³-hybridized carbons (Fsp3) is 0.611. The molecule has 1 aromatic carbocycles. The van der Waals surface area contributed by atoms with Crippen LogP contribution in [0.5, 0.6) is 5.75 Å². The Morgan fingerprint density at radius 1 is 1.32 bits per heavy atom. The first-order valence-corrected chi connectivity index (χ1v) is 8.16. The standard InChI is InChI=1S/C18H28N2O2/c1-18(2,3)15-5-4-6-16(11-15)22-10-9-20-17(21)13-19-12-14-7-8-14/h4-6,11,14,19H,7-10,12-13H2,1-3H3,(H,20,21). The third-order valence-electron chi connectivity index (χ3n) is 3.81. The van der Waals surface area contributed by atoms with Gasteiger partial charge < -0.3 is 15.4 Å². The minimum absolute atomic E-state index is 0.0349. The molecule has 0 aliphatic heterocycles. The van der Waals surface area contributed by atoms with Gasteiger partial charge in [0, 0.05) is 0 Å². The number of nitrogens with one attached hydrogen (secondary N) is 2. The highest BCUT2D eigenvalue weighted by Gasteiger charge is 2.20. The van der Waals surface area contributed by atoms with E-state index in [9.17, 15) is 4.79 Å². The molecule has 0 bridgehead atoms. The smallest absolute Gasteiger partial charge is 0.234 e. The molecule has 0 aromatic heterocycles.